The molecule has 0 radical (unpaired) electrons. The second-order valence-electron chi connectivity index (χ2n) is 4.91. The molecule has 0 unspecified atom stereocenters. The van der Waals surface area contributed by atoms with Gasteiger partial charge in [-0.05, 0) is 35.0 Å². The first-order valence-electron chi connectivity index (χ1n) is 7.02. The highest BCUT2D eigenvalue weighted by molar-refractivity contribution is 6.08. The van der Waals surface area contributed by atoms with E-state index in [9.17, 15) is 9.59 Å². The summed E-state index contributed by atoms with van der Waals surface area (Å²) in [6.07, 6.45) is 1.50. The van der Waals surface area contributed by atoms with E-state index < -0.39 is 5.97 Å². The van der Waals surface area contributed by atoms with E-state index in [1.165, 1.54) is 13.3 Å². The maximum absolute atomic E-state index is 12.4. The summed E-state index contributed by atoms with van der Waals surface area (Å²) in [7, 11) is 1.28. The van der Waals surface area contributed by atoms with E-state index >= 15 is 0 Å². The fourth-order valence-electron chi connectivity index (χ4n) is 2.29. The summed E-state index contributed by atoms with van der Waals surface area (Å²) in [6.45, 7) is 0. The number of rotatable bonds is 3. The van der Waals surface area contributed by atoms with Gasteiger partial charge in [0.1, 0.15) is 11.4 Å². The zero-order valence-electron chi connectivity index (χ0n) is 12.4. The predicted octanol–water partition coefficient (Wildman–Crippen LogP) is 3.27. The molecule has 3 aromatic rings. The van der Waals surface area contributed by atoms with E-state index in [-0.39, 0.29) is 17.3 Å². The molecule has 1 heterocycles. The van der Waals surface area contributed by atoms with Crippen LogP contribution in [0.15, 0.2) is 60.8 Å². The maximum atomic E-state index is 12.4. The smallest absolute Gasteiger partial charge is 0.341 e. The molecule has 0 atom stereocenters. The van der Waals surface area contributed by atoms with Crippen molar-refractivity contribution in [2.45, 2.75) is 0 Å². The van der Waals surface area contributed by atoms with Crippen LogP contribution in [0.4, 0.5) is 5.82 Å². The quantitative estimate of drug-likeness (QED) is 0.754. The number of carbonyl (C=O) groups is 2. The molecule has 0 fully saturated rings. The topological polar surface area (TPSA) is 68.3 Å². The molecule has 5 heteroatoms. The number of esters is 1. The number of anilines is 1. The first-order chi connectivity index (χ1) is 11.2. The van der Waals surface area contributed by atoms with E-state index in [0.717, 1.165) is 10.8 Å². The third kappa shape index (κ3) is 3.03. The lowest BCUT2D eigenvalue weighted by Gasteiger charge is -2.09. The van der Waals surface area contributed by atoms with Gasteiger partial charge in [-0.3, -0.25) is 4.79 Å². The molecule has 0 aliphatic heterocycles. The SMILES string of the molecule is COC(=O)c1cccnc1NC(=O)c1ccc2ccccc2c1. The number of amides is 1. The lowest BCUT2D eigenvalue weighted by molar-refractivity contribution is 0.0601. The average molecular weight is 306 g/mol. The van der Waals surface area contributed by atoms with Gasteiger partial charge in [-0.1, -0.05) is 30.3 Å². The van der Waals surface area contributed by atoms with Crippen LogP contribution in [-0.2, 0) is 4.74 Å². The lowest BCUT2D eigenvalue weighted by atomic mass is 10.1. The Morgan fingerprint density at radius 2 is 1.78 bits per heavy atom. The van der Waals surface area contributed by atoms with Crippen molar-refractivity contribution in [3.05, 3.63) is 71.9 Å². The fraction of sp³-hybridized carbons (Fsp3) is 0.0556. The van der Waals surface area contributed by atoms with Gasteiger partial charge in [0.05, 0.1) is 7.11 Å². The first-order valence-corrected chi connectivity index (χ1v) is 7.02. The highest BCUT2D eigenvalue weighted by Crippen LogP contribution is 2.18. The van der Waals surface area contributed by atoms with E-state index in [0.29, 0.717) is 5.56 Å². The summed E-state index contributed by atoms with van der Waals surface area (Å²) in [4.78, 5) is 28.2. The van der Waals surface area contributed by atoms with Crippen molar-refractivity contribution in [3.8, 4) is 0 Å². The monoisotopic (exact) mass is 306 g/mol. The van der Waals surface area contributed by atoms with Crippen molar-refractivity contribution in [1.82, 2.24) is 4.98 Å². The minimum Gasteiger partial charge on any atom is -0.465 e. The van der Waals surface area contributed by atoms with Gasteiger partial charge in [-0.15, -0.1) is 0 Å². The van der Waals surface area contributed by atoms with Gasteiger partial charge in [-0.25, -0.2) is 9.78 Å². The van der Waals surface area contributed by atoms with Gasteiger partial charge in [0.15, 0.2) is 0 Å². The Labute approximate surface area is 132 Å². The number of hydrogen-bond donors (Lipinski definition) is 1. The number of carbonyl (C=O) groups excluding carboxylic acids is 2. The van der Waals surface area contributed by atoms with Crippen LogP contribution in [0.2, 0.25) is 0 Å². The van der Waals surface area contributed by atoms with E-state index in [2.05, 4.69) is 10.3 Å². The van der Waals surface area contributed by atoms with Gasteiger partial charge < -0.3 is 10.1 Å². The minimum absolute atomic E-state index is 0.178. The Kier molecular flexibility index (Phi) is 4.01. The van der Waals surface area contributed by atoms with Crippen molar-refractivity contribution in [3.63, 3.8) is 0 Å². The molecule has 0 bridgehead atoms. The molecule has 0 aliphatic rings. The van der Waals surface area contributed by atoms with E-state index in [4.69, 9.17) is 4.74 Å². The number of aromatic nitrogens is 1. The Morgan fingerprint density at radius 3 is 2.57 bits per heavy atom. The molecule has 3 rings (SSSR count). The van der Waals surface area contributed by atoms with Gasteiger partial charge in [0, 0.05) is 11.8 Å². The van der Waals surface area contributed by atoms with Crippen molar-refractivity contribution >= 4 is 28.5 Å². The molecule has 0 saturated heterocycles. The standard InChI is InChI=1S/C18H14N2O3/c1-23-18(22)15-7-4-10-19-16(15)20-17(21)14-9-8-12-5-2-3-6-13(12)11-14/h2-11H,1H3,(H,19,20,21). The highest BCUT2D eigenvalue weighted by Gasteiger charge is 2.15. The Balaban J connectivity index is 1.90. The number of nitrogens with one attached hydrogen (secondary N) is 1. The molecule has 1 N–H and O–H groups in total. The minimum atomic E-state index is -0.549. The zero-order chi connectivity index (χ0) is 16.2. The van der Waals surface area contributed by atoms with E-state index in [1.807, 2.05) is 30.3 Å². The van der Waals surface area contributed by atoms with E-state index in [1.54, 1.807) is 24.3 Å². The molecule has 1 amide bonds. The fourth-order valence-corrected chi connectivity index (χ4v) is 2.29. The van der Waals surface area contributed by atoms with Crippen LogP contribution in [0.1, 0.15) is 20.7 Å². The highest BCUT2D eigenvalue weighted by atomic mass is 16.5. The molecule has 2 aromatic carbocycles. The Bertz CT molecular complexity index is 890. The summed E-state index contributed by atoms with van der Waals surface area (Å²) in [6, 6.07) is 16.3. The van der Waals surface area contributed by atoms with Crippen LogP contribution < -0.4 is 5.32 Å². The largest absolute Gasteiger partial charge is 0.465 e. The summed E-state index contributed by atoms with van der Waals surface area (Å²) in [5.74, 6) is -0.705. The number of fused-ring (bicyclic) bond motifs is 1. The van der Waals surface area contributed by atoms with Crippen LogP contribution in [0.5, 0.6) is 0 Å². The third-order valence-electron chi connectivity index (χ3n) is 3.46. The van der Waals surface area contributed by atoms with Gasteiger partial charge >= 0.3 is 5.97 Å². The zero-order valence-corrected chi connectivity index (χ0v) is 12.4. The van der Waals surface area contributed by atoms with Crippen LogP contribution in [0, 0.1) is 0 Å². The van der Waals surface area contributed by atoms with Gasteiger partial charge in [0.2, 0.25) is 0 Å². The molecular formula is C18H14N2O3. The predicted molar refractivity (Wildman–Crippen MR) is 87.5 cm³/mol. The summed E-state index contributed by atoms with van der Waals surface area (Å²) in [5, 5.41) is 4.68. The average Bonchev–Trinajstić information content (AvgIpc) is 2.61. The number of methoxy groups -OCH3 is 1. The molecule has 23 heavy (non-hydrogen) atoms. The van der Waals surface area contributed by atoms with Gasteiger partial charge in [-0.2, -0.15) is 0 Å². The van der Waals surface area contributed by atoms with Crippen molar-refractivity contribution in [2.24, 2.45) is 0 Å². The van der Waals surface area contributed by atoms with Crippen LogP contribution >= 0.6 is 0 Å². The molecule has 0 aliphatic carbocycles. The molecule has 1 aromatic heterocycles. The van der Waals surface area contributed by atoms with Crippen molar-refractivity contribution in [2.75, 3.05) is 12.4 Å². The summed E-state index contributed by atoms with van der Waals surface area (Å²) >= 11 is 0. The first kappa shape index (κ1) is 14.7. The number of ether oxygens (including phenoxy) is 1. The number of nitrogens with zero attached hydrogens (tertiary/aromatic N) is 1. The second-order valence-corrected chi connectivity index (χ2v) is 4.91. The van der Waals surface area contributed by atoms with Crippen LogP contribution in [0.3, 0.4) is 0 Å². The van der Waals surface area contributed by atoms with Crippen molar-refractivity contribution < 1.29 is 14.3 Å². The van der Waals surface area contributed by atoms with Crippen LogP contribution in [0.25, 0.3) is 10.8 Å². The summed E-state index contributed by atoms with van der Waals surface area (Å²) < 4.78 is 4.69. The second kappa shape index (κ2) is 6.27. The Hall–Kier alpha value is -3.21. The molecule has 0 spiro atoms. The van der Waals surface area contributed by atoms with Gasteiger partial charge in [0.25, 0.3) is 5.91 Å². The normalized spacial score (nSPS) is 10.3. The molecule has 5 nitrogen and oxygen atoms in total. The van der Waals surface area contributed by atoms with Crippen LogP contribution in [-0.4, -0.2) is 24.0 Å². The number of hydrogen-bond acceptors (Lipinski definition) is 4. The lowest BCUT2D eigenvalue weighted by Crippen LogP contribution is -2.16. The third-order valence-corrected chi connectivity index (χ3v) is 3.46. The summed E-state index contributed by atoms with van der Waals surface area (Å²) in [5.41, 5.74) is 0.703. The Morgan fingerprint density at radius 1 is 1.00 bits per heavy atom. The maximum Gasteiger partial charge on any atom is 0.341 e. The molecular weight excluding hydrogens is 292 g/mol. The molecule has 0 saturated carbocycles. The number of benzene rings is 2. The molecule has 114 valence electrons. The van der Waals surface area contributed by atoms with Crippen molar-refractivity contribution in [1.29, 1.82) is 0 Å². The number of pyridine rings is 1.